The van der Waals surface area contributed by atoms with Crippen LogP contribution in [0.15, 0.2) is 12.1 Å². The van der Waals surface area contributed by atoms with E-state index in [-0.39, 0.29) is 13.2 Å². The molecule has 2 N–H and O–H groups in total. The molecular formula is C11H14BNO3. The van der Waals surface area contributed by atoms with E-state index in [1.807, 2.05) is 12.1 Å². The topological polar surface area (TPSA) is 53.7 Å². The molecule has 1 atom stereocenters. The second-order valence-corrected chi connectivity index (χ2v) is 4.12. The van der Waals surface area contributed by atoms with Crippen molar-refractivity contribution in [1.82, 2.24) is 0 Å². The van der Waals surface area contributed by atoms with Gasteiger partial charge >= 0.3 is 7.12 Å². The average Bonchev–Trinajstić information content (AvgIpc) is 2.55. The number of hydrogen-bond donors (Lipinski definition) is 1. The summed E-state index contributed by atoms with van der Waals surface area (Å²) in [5.41, 5.74) is 9.09. The van der Waals surface area contributed by atoms with E-state index in [1.54, 1.807) is 0 Å². The number of aryl methyl sites for hydroxylation is 1. The predicted octanol–water partition coefficient (Wildman–Crippen LogP) is 0.129. The van der Waals surface area contributed by atoms with E-state index < -0.39 is 0 Å². The first-order valence-corrected chi connectivity index (χ1v) is 5.54. The van der Waals surface area contributed by atoms with Crippen LogP contribution in [0.2, 0.25) is 0 Å². The van der Waals surface area contributed by atoms with Crippen molar-refractivity contribution in [3.05, 3.63) is 23.3 Å². The minimum Gasteiger partial charge on any atom is -0.492 e. The van der Waals surface area contributed by atoms with Gasteiger partial charge in [0.1, 0.15) is 12.4 Å². The van der Waals surface area contributed by atoms with Gasteiger partial charge in [-0.05, 0) is 24.1 Å². The lowest BCUT2D eigenvalue weighted by molar-refractivity contribution is 0.147. The van der Waals surface area contributed by atoms with E-state index in [1.165, 1.54) is 5.56 Å². The SMILES string of the molecule is Cc1ccc2c3c1[C@@H](CN)OB3OCCO2. The Kier molecular flexibility index (Phi) is 2.39. The van der Waals surface area contributed by atoms with Gasteiger partial charge in [0.05, 0.1) is 12.7 Å². The molecule has 4 nitrogen and oxygen atoms in total. The van der Waals surface area contributed by atoms with Crippen molar-refractivity contribution >= 4 is 12.6 Å². The molecule has 0 aliphatic carbocycles. The van der Waals surface area contributed by atoms with Gasteiger partial charge in [-0.2, -0.15) is 0 Å². The minimum atomic E-state index is -0.305. The van der Waals surface area contributed by atoms with Crippen LogP contribution in [0.1, 0.15) is 17.2 Å². The summed E-state index contributed by atoms with van der Waals surface area (Å²) in [6.07, 6.45) is -0.0679. The first kappa shape index (κ1) is 10.1. The van der Waals surface area contributed by atoms with Gasteiger partial charge < -0.3 is 19.8 Å². The highest BCUT2D eigenvalue weighted by molar-refractivity contribution is 6.64. The number of benzene rings is 1. The van der Waals surface area contributed by atoms with Crippen molar-refractivity contribution in [2.75, 3.05) is 19.8 Å². The van der Waals surface area contributed by atoms with Gasteiger partial charge in [0.15, 0.2) is 0 Å². The fourth-order valence-electron chi connectivity index (χ4n) is 2.41. The van der Waals surface area contributed by atoms with Crippen molar-refractivity contribution < 1.29 is 14.0 Å². The highest BCUT2D eigenvalue weighted by Crippen LogP contribution is 2.31. The summed E-state index contributed by atoms with van der Waals surface area (Å²) >= 11 is 0. The smallest absolute Gasteiger partial charge is 0.492 e. The van der Waals surface area contributed by atoms with Crippen LogP contribution in [-0.2, 0) is 9.31 Å². The Hall–Kier alpha value is -1.04. The Labute approximate surface area is 94.8 Å². The second-order valence-electron chi connectivity index (χ2n) is 4.12. The molecule has 0 radical (unpaired) electrons. The molecule has 2 heterocycles. The number of ether oxygens (including phenoxy) is 1. The monoisotopic (exact) mass is 219 g/mol. The van der Waals surface area contributed by atoms with Gasteiger partial charge in [0.2, 0.25) is 0 Å². The molecule has 0 fully saturated rings. The first-order chi connectivity index (χ1) is 7.81. The van der Waals surface area contributed by atoms with Crippen LogP contribution in [0.3, 0.4) is 0 Å². The van der Waals surface area contributed by atoms with E-state index in [2.05, 4.69) is 6.92 Å². The summed E-state index contributed by atoms with van der Waals surface area (Å²) in [5, 5.41) is 0. The molecule has 1 aromatic carbocycles. The van der Waals surface area contributed by atoms with E-state index in [9.17, 15) is 0 Å². The second kappa shape index (κ2) is 3.77. The minimum absolute atomic E-state index is 0.0679. The Morgan fingerprint density at radius 1 is 1.44 bits per heavy atom. The zero-order valence-electron chi connectivity index (χ0n) is 9.23. The fourth-order valence-corrected chi connectivity index (χ4v) is 2.41. The van der Waals surface area contributed by atoms with Crippen LogP contribution < -0.4 is 15.9 Å². The maximum Gasteiger partial charge on any atom is 0.498 e. The highest BCUT2D eigenvalue weighted by atomic mass is 16.6. The lowest BCUT2D eigenvalue weighted by Crippen LogP contribution is -2.31. The van der Waals surface area contributed by atoms with Crippen molar-refractivity contribution in [2.24, 2.45) is 5.73 Å². The third-order valence-electron chi connectivity index (χ3n) is 3.13. The Bertz CT molecular complexity index is 424. The molecule has 5 heteroatoms. The van der Waals surface area contributed by atoms with Crippen LogP contribution >= 0.6 is 0 Å². The van der Waals surface area contributed by atoms with Crippen LogP contribution in [0.4, 0.5) is 0 Å². The summed E-state index contributed by atoms with van der Waals surface area (Å²) in [4.78, 5) is 0. The molecule has 2 aliphatic rings. The lowest BCUT2D eigenvalue weighted by Gasteiger charge is -2.14. The largest absolute Gasteiger partial charge is 0.498 e. The Morgan fingerprint density at radius 3 is 3.12 bits per heavy atom. The number of nitrogens with two attached hydrogens (primary N) is 1. The molecule has 0 saturated carbocycles. The molecule has 3 rings (SSSR count). The zero-order chi connectivity index (χ0) is 11.1. The quantitative estimate of drug-likeness (QED) is 0.682. The Morgan fingerprint density at radius 2 is 2.31 bits per heavy atom. The van der Waals surface area contributed by atoms with Gasteiger partial charge in [0, 0.05) is 12.0 Å². The van der Waals surface area contributed by atoms with Gasteiger partial charge in [-0.25, -0.2) is 0 Å². The normalized spacial score (nSPS) is 22.6. The molecule has 1 aromatic rings. The molecule has 0 saturated heterocycles. The maximum absolute atomic E-state index is 5.80. The van der Waals surface area contributed by atoms with Crippen LogP contribution in [0, 0.1) is 6.92 Å². The average molecular weight is 219 g/mol. The molecule has 16 heavy (non-hydrogen) atoms. The van der Waals surface area contributed by atoms with E-state index in [0.717, 1.165) is 16.8 Å². The number of hydrogen-bond acceptors (Lipinski definition) is 4. The Balaban J connectivity index is 2.17. The molecule has 2 aliphatic heterocycles. The van der Waals surface area contributed by atoms with E-state index in [4.69, 9.17) is 19.8 Å². The highest BCUT2D eigenvalue weighted by Gasteiger charge is 2.41. The van der Waals surface area contributed by atoms with Crippen LogP contribution in [0.5, 0.6) is 5.75 Å². The molecule has 0 spiro atoms. The maximum atomic E-state index is 5.80. The number of rotatable bonds is 1. The third-order valence-corrected chi connectivity index (χ3v) is 3.13. The first-order valence-electron chi connectivity index (χ1n) is 5.54. The zero-order valence-corrected chi connectivity index (χ0v) is 9.23. The molecule has 0 amide bonds. The third kappa shape index (κ3) is 1.36. The van der Waals surface area contributed by atoms with E-state index >= 15 is 0 Å². The predicted molar refractivity (Wildman–Crippen MR) is 60.9 cm³/mol. The fraction of sp³-hybridized carbons (Fsp3) is 0.455. The summed E-state index contributed by atoms with van der Waals surface area (Å²) < 4.78 is 17.1. The van der Waals surface area contributed by atoms with Crippen LogP contribution in [-0.4, -0.2) is 26.9 Å². The standard InChI is InChI=1S/C11H14BNO3/c1-7-2-3-8-11-10(7)9(6-13)16-12(11)15-5-4-14-8/h2-3,9H,4-6,13H2,1H3/t9-/m1/s1. The van der Waals surface area contributed by atoms with Gasteiger partial charge in [-0.1, -0.05) is 6.07 Å². The summed E-state index contributed by atoms with van der Waals surface area (Å²) in [7, 11) is -0.305. The van der Waals surface area contributed by atoms with E-state index in [0.29, 0.717) is 19.8 Å². The van der Waals surface area contributed by atoms with Crippen molar-refractivity contribution in [1.29, 1.82) is 0 Å². The molecule has 0 bridgehead atoms. The molecule has 0 unspecified atom stereocenters. The molecular weight excluding hydrogens is 205 g/mol. The lowest BCUT2D eigenvalue weighted by atomic mass is 9.76. The molecule has 84 valence electrons. The summed E-state index contributed by atoms with van der Waals surface area (Å²) in [6.45, 7) is 3.66. The summed E-state index contributed by atoms with van der Waals surface area (Å²) in [6, 6.07) is 4.03. The summed E-state index contributed by atoms with van der Waals surface area (Å²) in [5.74, 6) is 0.874. The molecule has 0 aromatic heterocycles. The van der Waals surface area contributed by atoms with Gasteiger partial charge in [0.25, 0.3) is 0 Å². The van der Waals surface area contributed by atoms with Crippen LogP contribution in [0.25, 0.3) is 0 Å². The van der Waals surface area contributed by atoms with Gasteiger partial charge in [-0.3, -0.25) is 0 Å². The van der Waals surface area contributed by atoms with Crippen molar-refractivity contribution in [3.63, 3.8) is 0 Å². The van der Waals surface area contributed by atoms with Crippen molar-refractivity contribution in [2.45, 2.75) is 13.0 Å². The van der Waals surface area contributed by atoms with Gasteiger partial charge in [-0.15, -0.1) is 0 Å². The van der Waals surface area contributed by atoms with Crippen molar-refractivity contribution in [3.8, 4) is 5.75 Å².